The Bertz CT molecular complexity index is 890. The van der Waals surface area contributed by atoms with Crippen LogP contribution in [0.25, 0.3) is 11.3 Å². The molecule has 0 aliphatic rings. The number of nitrogens with one attached hydrogen (secondary N) is 1. The number of hydrogen-bond donors (Lipinski definition) is 1. The van der Waals surface area contributed by atoms with Crippen LogP contribution in [-0.2, 0) is 6.54 Å². The summed E-state index contributed by atoms with van der Waals surface area (Å²) in [5.74, 6) is 1.18. The van der Waals surface area contributed by atoms with Crippen molar-refractivity contribution in [2.24, 2.45) is 0 Å². The number of hydrogen-bond acceptors (Lipinski definition) is 4. The molecule has 0 atom stereocenters. The lowest BCUT2D eigenvalue weighted by Crippen LogP contribution is -2.21. The van der Waals surface area contributed by atoms with E-state index >= 15 is 0 Å². The summed E-state index contributed by atoms with van der Waals surface area (Å²) in [5, 5.41) is 3.87. The molecule has 0 unspecified atom stereocenters. The number of anilines is 1. The molecule has 0 spiro atoms. The molecule has 0 aliphatic heterocycles. The molecule has 1 amide bonds. The summed E-state index contributed by atoms with van der Waals surface area (Å²) in [6.07, 6.45) is 1.68. The van der Waals surface area contributed by atoms with Gasteiger partial charge in [0.1, 0.15) is 0 Å². The number of carbonyl (C=O) groups is 1. The number of oxazole rings is 1. The van der Waals surface area contributed by atoms with Gasteiger partial charge in [-0.15, -0.1) is 0 Å². The van der Waals surface area contributed by atoms with Crippen molar-refractivity contribution in [3.8, 4) is 11.3 Å². The largest absolute Gasteiger partial charge is 0.439 e. The smallest absolute Gasteiger partial charge is 0.253 e. The number of nitrogens with zero attached hydrogens (tertiary/aromatic N) is 2. The van der Waals surface area contributed by atoms with Gasteiger partial charge >= 0.3 is 0 Å². The molecule has 25 heavy (non-hydrogen) atoms. The number of aromatic nitrogens is 1. The van der Waals surface area contributed by atoms with Crippen molar-refractivity contribution in [3.63, 3.8) is 0 Å². The summed E-state index contributed by atoms with van der Waals surface area (Å²) >= 11 is 6.00. The Hall–Kier alpha value is -2.79. The highest BCUT2D eigenvalue weighted by molar-refractivity contribution is 6.30. The molecule has 0 saturated heterocycles. The Morgan fingerprint density at radius 2 is 2.00 bits per heavy atom. The molecule has 0 fully saturated rings. The van der Waals surface area contributed by atoms with Gasteiger partial charge in [0.25, 0.3) is 5.91 Å². The van der Waals surface area contributed by atoms with Crippen molar-refractivity contribution < 1.29 is 9.21 Å². The zero-order chi connectivity index (χ0) is 17.8. The first-order valence-corrected chi connectivity index (χ1v) is 8.17. The van der Waals surface area contributed by atoms with E-state index in [1.54, 1.807) is 31.3 Å². The van der Waals surface area contributed by atoms with E-state index in [1.807, 2.05) is 42.5 Å². The van der Waals surface area contributed by atoms with Crippen LogP contribution in [0.2, 0.25) is 5.02 Å². The number of halogens is 1. The normalized spacial score (nSPS) is 10.5. The molecule has 5 nitrogen and oxygen atoms in total. The van der Waals surface area contributed by atoms with Crippen LogP contribution in [0, 0.1) is 0 Å². The van der Waals surface area contributed by atoms with Crippen LogP contribution in [0.1, 0.15) is 16.2 Å². The van der Waals surface area contributed by atoms with Crippen LogP contribution >= 0.6 is 11.6 Å². The second-order valence-corrected chi connectivity index (χ2v) is 6.20. The van der Waals surface area contributed by atoms with Crippen LogP contribution in [0.5, 0.6) is 0 Å². The lowest BCUT2D eigenvalue weighted by atomic mass is 10.2. The van der Waals surface area contributed by atoms with E-state index in [9.17, 15) is 4.79 Å². The second-order valence-electron chi connectivity index (χ2n) is 5.76. The highest BCUT2D eigenvalue weighted by atomic mass is 35.5. The van der Waals surface area contributed by atoms with Crippen molar-refractivity contribution in [3.05, 3.63) is 71.2 Å². The summed E-state index contributed by atoms with van der Waals surface area (Å²) in [4.78, 5) is 17.8. The number of carbonyl (C=O) groups excluding carboxylic acids is 1. The van der Waals surface area contributed by atoms with E-state index in [1.165, 1.54) is 0 Å². The lowest BCUT2D eigenvalue weighted by molar-refractivity contribution is 0.0827. The molecule has 3 rings (SSSR count). The fourth-order valence-corrected chi connectivity index (χ4v) is 2.56. The highest BCUT2D eigenvalue weighted by Crippen LogP contribution is 2.23. The van der Waals surface area contributed by atoms with Gasteiger partial charge in [0.15, 0.2) is 5.76 Å². The Kier molecular flexibility index (Phi) is 5.05. The standard InChI is InChI=1S/C19H18ClN3O2/c1-23(2)19(24)14-6-4-8-16(10-14)21-12-18-22-11-17(25-18)13-5-3-7-15(20)9-13/h3-11,21H,12H2,1-2H3. The van der Waals surface area contributed by atoms with Crippen LogP contribution in [0.3, 0.4) is 0 Å². The molecule has 0 saturated carbocycles. The van der Waals surface area contributed by atoms with Gasteiger partial charge in [0.05, 0.1) is 12.7 Å². The molecule has 3 aromatic rings. The van der Waals surface area contributed by atoms with Gasteiger partial charge < -0.3 is 14.6 Å². The highest BCUT2D eigenvalue weighted by Gasteiger charge is 2.09. The third-order valence-corrected chi connectivity index (χ3v) is 3.86. The topological polar surface area (TPSA) is 58.4 Å². The predicted octanol–water partition coefficient (Wildman–Crippen LogP) is 4.31. The molecule has 6 heteroatoms. The van der Waals surface area contributed by atoms with E-state index in [0.29, 0.717) is 28.8 Å². The number of benzene rings is 2. The summed E-state index contributed by atoms with van der Waals surface area (Å²) in [6, 6.07) is 14.8. The van der Waals surface area contributed by atoms with E-state index in [4.69, 9.17) is 16.0 Å². The fraction of sp³-hybridized carbons (Fsp3) is 0.158. The van der Waals surface area contributed by atoms with E-state index in [0.717, 1.165) is 11.3 Å². The van der Waals surface area contributed by atoms with Crippen LogP contribution in [-0.4, -0.2) is 29.9 Å². The molecule has 0 aliphatic carbocycles. The maximum atomic E-state index is 12.0. The minimum atomic E-state index is -0.0389. The van der Waals surface area contributed by atoms with Gasteiger partial charge in [0, 0.05) is 35.9 Å². The first-order valence-electron chi connectivity index (χ1n) is 7.79. The summed E-state index contributed by atoms with van der Waals surface area (Å²) in [6.45, 7) is 0.417. The maximum Gasteiger partial charge on any atom is 0.253 e. The van der Waals surface area contributed by atoms with Gasteiger partial charge in [-0.1, -0.05) is 29.8 Å². The van der Waals surface area contributed by atoms with Gasteiger partial charge in [-0.3, -0.25) is 4.79 Å². The molecule has 1 heterocycles. The molecular weight excluding hydrogens is 338 g/mol. The molecule has 1 aromatic heterocycles. The Morgan fingerprint density at radius 3 is 2.76 bits per heavy atom. The van der Waals surface area contributed by atoms with Gasteiger partial charge in [-0.2, -0.15) is 0 Å². The zero-order valence-corrected chi connectivity index (χ0v) is 14.7. The summed E-state index contributed by atoms with van der Waals surface area (Å²) in [5.41, 5.74) is 2.34. The lowest BCUT2D eigenvalue weighted by Gasteiger charge is -2.11. The summed E-state index contributed by atoms with van der Waals surface area (Å²) < 4.78 is 5.75. The molecule has 0 radical (unpaired) electrons. The first kappa shape index (κ1) is 17.0. The van der Waals surface area contributed by atoms with E-state index in [-0.39, 0.29) is 5.91 Å². The molecule has 1 N–H and O–H groups in total. The maximum absolute atomic E-state index is 12.0. The minimum absolute atomic E-state index is 0.0389. The van der Waals surface area contributed by atoms with E-state index < -0.39 is 0 Å². The zero-order valence-electron chi connectivity index (χ0n) is 14.0. The van der Waals surface area contributed by atoms with Crippen molar-refractivity contribution in [1.29, 1.82) is 0 Å². The van der Waals surface area contributed by atoms with Crippen LogP contribution in [0.15, 0.2) is 59.1 Å². The van der Waals surface area contributed by atoms with Crippen LogP contribution < -0.4 is 5.32 Å². The fourth-order valence-electron chi connectivity index (χ4n) is 2.37. The van der Waals surface area contributed by atoms with Gasteiger partial charge in [-0.25, -0.2) is 4.98 Å². The molecular formula is C19H18ClN3O2. The monoisotopic (exact) mass is 355 g/mol. The number of rotatable bonds is 5. The van der Waals surface area contributed by atoms with Crippen molar-refractivity contribution in [1.82, 2.24) is 9.88 Å². The Labute approximate surface area is 151 Å². The average molecular weight is 356 g/mol. The van der Waals surface area contributed by atoms with Crippen molar-refractivity contribution >= 4 is 23.2 Å². The summed E-state index contributed by atoms with van der Waals surface area (Å²) in [7, 11) is 3.46. The Balaban J connectivity index is 1.69. The molecule has 0 bridgehead atoms. The first-order chi connectivity index (χ1) is 12.0. The minimum Gasteiger partial charge on any atom is -0.439 e. The third-order valence-electron chi connectivity index (χ3n) is 3.62. The number of amides is 1. The third kappa shape index (κ3) is 4.19. The van der Waals surface area contributed by atoms with Gasteiger partial charge in [0.2, 0.25) is 5.89 Å². The van der Waals surface area contributed by atoms with E-state index in [2.05, 4.69) is 10.3 Å². The van der Waals surface area contributed by atoms with Crippen LogP contribution in [0.4, 0.5) is 5.69 Å². The molecule has 2 aromatic carbocycles. The average Bonchev–Trinajstić information content (AvgIpc) is 3.08. The quantitative estimate of drug-likeness (QED) is 0.741. The second kappa shape index (κ2) is 7.40. The predicted molar refractivity (Wildman–Crippen MR) is 98.7 cm³/mol. The van der Waals surface area contributed by atoms with Crippen molar-refractivity contribution in [2.75, 3.05) is 19.4 Å². The molecule has 128 valence electrons. The van der Waals surface area contributed by atoms with Gasteiger partial charge in [-0.05, 0) is 30.3 Å². The van der Waals surface area contributed by atoms with Crippen molar-refractivity contribution in [2.45, 2.75) is 6.54 Å². The Morgan fingerprint density at radius 1 is 1.20 bits per heavy atom. The SMILES string of the molecule is CN(C)C(=O)c1cccc(NCc2ncc(-c3cccc(Cl)c3)o2)c1.